The number of hydrogen-bond donors (Lipinski definition) is 2. The summed E-state index contributed by atoms with van der Waals surface area (Å²) < 4.78 is 32.8. The summed E-state index contributed by atoms with van der Waals surface area (Å²) in [6, 6.07) is 3.53. The first-order valence-corrected chi connectivity index (χ1v) is 7.34. The number of aromatic amines is 1. The maximum absolute atomic E-state index is 13.5. The standard InChI is InChI=1S/C15H16F2N4O2/c16-11-2-1-3-12(17)10(11)6-14(22)18-7-9-4-5-13(23-9)15-19-8-20-21-15/h1-3,8-9,13H,4-7H2,(H,18,22)(H,19,20,21)/t9-,13+/m1/s1. The molecule has 0 unspecified atom stereocenters. The van der Waals surface area contributed by atoms with Crippen LogP contribution < -0.4 is 5.32 Å². The Bertz CT molecular complexity index is 658. The molecule has 1 aliphatic heterocycles. The Kier molecular flexibility index (Phi) is 4.61. The molecular formula is C15H16F2N4O2. The van der Waals surface area contributed by atoms with E-state index in [4.69, 9.17) is 4.74 Å². The normalized spacial score (nSPS) is 20.6. The third-order valence-electron chi connectivity index (χ3n) is 3.77. The first kappa shape index (κ1) is 15.5. The van der Waals surface area contributed by atoms with E-state index < -0.39 is 17.5 Å². The van der Waals surface area contributed by atoms with Crippen molar-refractivity contribution in [2.24, 2.45) is 0 Å². The second-order valence-corrected chi connectivity index (χ2v) is 5.38. The lowest BCUT2D eigenvalue weighted by Crippen LogP contribution is -2.33. The van der Waals surface area contributed by atoms with E-state index in [-0.39, 0.29) is 24.2 Å². The summed E-state index contributed by atoms with van der Waals surface area (Å²) in [5, 5.41) is 9.18. The Hall–Kier alpha value is -2.35. The van der Waals surface area contributed by atoms with Crippen LogP contribution in [0.2, 0.25) is 0 Å². The van der Waals surface area contributed by atoms with Crippen LogP contribution in [0.4, 0.5) is 8.78 Å². The van der Waals surface area contributed by atoms with Crippen molar-refractivity contribution in [3.05, 3.63) is 47.5 Å². The minimum Gasteiger partial charge on any atom is -0.365 e. The summed E-state index contributed by atoms with van der Waals surface area (Å²) >= 11 is 0. The molecule has 2 N–H and O–H groups in total. The molecule has 6 nitrogen and oxygen atoms in total. The van der Waals surface area contributed by atoms with Crippen LogP contribution in [-0.4, -0.2) is 33.7 Å². The van der Waals surface area contributed by atoms with Crippen molar-refractivity contribution in [1.82, 2.24) is 20.5 Å². The topological polar surface area (TPSA) is 79.9 Å². The Labute approximate surface area is 131 Å². The number of ether oxygens (including phenoxy) is 1. The molecule has 2 heterocycles. The number of benzene rings is 1. The Balaban J connectivity index is 1.48. The van der Waals surface area contributed by atoms with Gasteiger partial charge >= 0.3 is 0 Å². The number of aromatic nitrogens is 3. The average molecular weight is 322 g/mol. The highest BCUT2D eigenvalue weighted by atomic mass is 19.1. The van der Waals surface area contributed by atoms with Crippen molar-refractivity contribution in [1.29, 1.82) is 0 Å². The number of carbonyl (C=O) groups is 1. The summed E-state index contributed by atoms with van der Waals surface area (Å²) in [6.45, 7) is 0.291. The molecule has 23 heavy (non-hydrogen) atoms. The fourth-order valence-corrected chi connectivity index (χ4v) is 2.58. The Morgan fingerprint density at radius 2 is 2.13 bits per heavy atom. The predicted octanol–water partition coefficient (Wildman–Crippen LogP) is 1.66. The van der Waals surface area contributed by atoms with Crippen LogP contribution in [0.3, 0.4) is 0 Å². The molecule has 1 amide bonds. The molecule has 0 spiro atoms. The minimum absolute atomic E-state index is 0.153. The SMILES string of the molecule is O=C(Cc1c(F)cccc1F)NC[C@H]1CC[C@@H](c2ncn[nH]2)O1. The zero-order valence-corrected chi connectivity index (χ0v) is 12.3. The van der Waals surface area contributed by atoms with Gasteiger partial charge in [-0.25, -0.2) is 13.8 Å². The number of rotatable bonds is 5. The zero-order chi connectivity index (χ0) is 16.2. The fourth-order valence-electron chi connectivity index (χ4n) is 2.58. The third-order valence-corrected chi connectivity index (χ3v) is 3.77. The van der Waals surface area contributed by atoms with Crippen molar-refractivity contribution in [2.45, 2.75) is 31.5 Å². The number of amides is 1. The highest BCUT2D eigenvalue weighted by molar-refractivity contribution is 5.78. The van der Waals surface area contributed by atoms with Gasteiger partial charge in [-0.05, 0) is 25.0 Å². The number of halogens is 2. The van der Waals surface area contributed by atoms with E-state index in [1.807, 2.05) is 0 Å². The molecule has 0 radical (unpaired) electrons. The Morgan fingerprint density at radius 1 is 1.35 bits per heavy atom. The summed E-state index contributed by atoms with van der Waals surface area (Å²) in [6.07, 6.45) is 2.30. The van der Waals surface area contributed by atoms with E-state index in [1.165, 1.54) is 12.4 Å². The molecule has 2 atom stereocenters. The molecular weight excluding hydrogens is 306 g/mol. The molecule has 1 aromatic carbocycles. The second kappa shape index (κ2) is 6.82. The fraction of sp³-hybridized carbons (Fsp3) is 0.400. The summed E-state index contributed by atoms with van der Waals surface area (Å²) in [7, 11) is 0. The lowest BCUT2D eigenvalue weighted by Gasteiger charge is -2.13. The predicted molar refractivity (Wildman–Crippen MR) is 76.3 cm³/mol. The van der Waals surface area contributed by atoms with E-state index in [9.17, 15) is 13.6 Å². The van der Waals surface area contributed by atoms with Crippen molar-refractivity contribution < 1.29 is 18.3 Å². The van der Waals surface area contributed by atoms with Gasteiger partial charge in [0, 0.05) is 12.1 Å². The van der Waals surface area contributed by atoms with Crippen molar-refractivity contribution >= 4 is 5.91 Å². The van der Waals surface area contributed by atoms with Crippen LogP contribution in [-0.2, 0) is 16.0 Å². The lowest BCUT2D eigenvalue weighted by atomic mass is 10.1. The van der Waals surface area contributed by atoms with E-state index in [0.29, 0.717) is 12.4 Å². The van der Waals surface area contributed by atoms with Crippen molar-refractivity contribution in [2.75, 3.05) is 6.54 Å². The largest absolute Gasteiger partial charge is 0.365 e. The molecule has 1 saturated heterocycles. The molecule has 1 aliphatic rings. The van der Waals surface area contributed by atoms with Crippen LogP contribution in [0, 0.1) is 11.6 Å². The second-order valence-electron chi connectivity index (χ2n) is 5.38. The monoisotopic (exact) mass is 322 g/mol. The van der Waals surface area contributed by atoms with Gasteiger partial charge in [0.05, 0.1) is 12.5 Å². The number of hydrogen-bond acceptors (Lipinski definition) is 4. The van der Waals surface area contributed by atoms with Gasteiger partial charge in [0.15, 0.2) is 5.82 Å². The van der Waals surface area contributed by atoms with Crippen molar-refractivity contribution in [3.8, 4) is 0 Å². The van der Waals surface area contributed by atoms with Gasteiger partial charge in [-0.1, -0.05) is 6.07 Å². The molecule has 122 valence electrons. The summed E-state index contributed by atoms with van der Waals surface area (Å²) in [4.78, 5) is 15.9. The molecule has 8 heteroatoms. The van der Waals surface area contributed by atoms with Gasteiger partial charge in [0.1, 0.15) is 24.1 Å². The molecule has 1 fully saturated rings. The van der Waals surface area contributed by atoms with Crippen LogP contribution >= 0.6 is 0 Å². The highest BCUT2D eigenvalue weighted by Crippen LogP contribution is 2.29. The molecule has 0 aliphatic carbocycles. The zero-order valence-electron chi connectivity index (χ0n) is 12.3. The number of nitrogens with zero attached hydrogens (tertiary/aromatic N) is 2. The van der Waals surface area contributed by atoms with Gasteiger partial charge in [0.2, 0.25) is 5.91 Å². The first-order chi connectivity index (χ1) is 11.1. The quantitative estimate of drug-likeness (QED) is 0.877. The molecule has 3 rings (SSSR count). The number of nitrogens with one attached hydrogen (secondary N) is 2. The van der Waals surface area contributed by atoms with Crippen LogP contribution in [0.15, 0.2) is 24.5 Å². The smallest absolute Gasteiger partial charge is 0.224 e. The number of carbonyl (C=O) groups excluding carboxylic acids is 1. The van der Waals surface area contributed by atoms with E-state index in [0.717, 1.165) is 25.0 Å². The summed E-state index contributed by atoms with van der Waals surface area (Å²) in [5.41, 5.74) is -0.225. The minimum atomic E-state index is -0.720. The van der Waals surface area contributed by atoms with E-state index >= 15 is 0 Å². The van der Waals surface area contributed by atoms with Gasteiger partial charge in [0.25, 0.3) is 0 Å². The summed E-state index contributed by atoms with van der Waals surface area (Å²) in [5.74, 6) is -1.22. The molecule has 0 saturated carbocycles. The van der Waals surface area contributed by atoms with Gasteiger partial charge in [-0.15, -0.1) is 0 Å². The van der Waals surface area contributed by atoms with Crippen LogP contribution in [0.25, 0.3) is 0 Å². The molecule has 2 aromatic rings. The lowest BCUT2D eigenvalue weighted by molar-refractivity contribution is -0.121. The van der Waals surface area contributed by atoms with Gasteiger partial charge in [-0.3, -0.25) is 9.89 Å². The van der Waals surface area contributed by atoms with Gasteiger partial charge in [-0.2, -0.15) is 5.10 Å². The van der Waals surface area contributed by atoms with E-state index in [2.05, 4.69) is 20.5 Å². The van der Waals surface area contributed by atoms with E-state index in [1.54, 1.807) is 0 Å². The Morgan fingerprint density at radius 3 is 2.83 bits per heavy atom. The first-order valence-electron chi connectivity index (χ1n) is 7.34. The molecule has 1 aromatic heterocycles. The third kappa shape index (κ3) is 3.70. The van der Waals surface area contributed by atoms with Crippen LogP contribution in [0.1, 0.15) is 30.3 Å². The maximum atomic E-state index is 13.5. The average Bonchev–Trinajstić information content (AvgIpc) is 3.19. The maximum Gasteiger partial charge on any atom is 0.224 e. The van der Waals surface area contributed by atoms with Crippen LogP contribution in [0.5, 0.6) is 0 Å². The van der Waals surface area contributed by atoms with Gasteiger partial charge < -0.3 is 10.1 Å². The highest BCUT2D eigenvalue weighted by Gasteiger charge is 2.28. The number of H-pyrrole nitrogens is 1. The van der Waals surface area contributed by atoms with Crippen molar-refractivity contribution in [3.63, 3.8) is 0 Å². The molecule has 0 bridgehead atoms.